The second kappa shape index (κ2) is 6.71. The fourth-order valence-corrected chi connectivity index (χ4v) is 2.01. The molecule has 0 heterocycles. The van der Waals surface area contributed by atoms with Crippen molar-refractivity contribution in [2.45, 2.75) is 13.8 Å². The smallest absolute Gasteiger partial charge is 0.186 e. The number of carbonyl (C=O) groups excluding carboxylic acids is 1. The van der Waals surface area contributed by atoms with Crippen molar-refractivity contribution in [2.75, 3.05) is 6.61 Å². The average molecular weight is 266 g/mol. The van der Waals surface area contributed by atoms with Crippen molar-refractivity contribution in [1.82, 2.24) is 0 Å². The van der Waals surface area contributed by atoms with Crippen molar-refractivity contribution in [3.05, 3.63) is 71.3 Å². The second-order valence-corrected chi connectivity index (χ2v) is 4.48. The summed E-state index contributed by atoms with van der Waals surface area (Å²) in [6, 6.07) is 15.3. The summed E-state index contributed by atoms with van der Waals surface area (Å²) < 4.78 is 5.54. The van der Waals surface area contributed by atoms with Crippen LogP contribution in [0.15, 0.2) is 54.6 Å². The first-order chi connectivity index (χ1) is 9.72. The molecule has 0 aliphatic rings. The van der Waals surface area contributed by atoms with Crippen LogP contribution < -0.4 is 4.74 Å². The molecule has 0 spiro atoms. The van der Waals surface area contributed by atoms with E-state index in [0.717, 1.165) is 22.4 Å². The third-order valence-corrected chi connectivity index (χ3v) is 3.04. The van der Waals surface area contributed by atoms with Gasteiger partial charge in [-0.2, -0.15) is 0 Å². The Balaban J connectivity index is 2.22. The maximum Gasteiger partial charge on any atom is 0.186 e. The van der Waals surface area contributed by atoms with Gasteiger partial charge in [0, 0.05) is 11.1 Å². The van der Waals surface area contributed by atoms with Crippen LogP contribution in [0.4, 0.5) is 0 Å². The lowest BCUT2D eigenvalue weighted by Gasteiger charge is -2.06. The first kappa shape index (κ1) is 14.1. The molecule has 0 N–H and O–H groups in total. The molecule has 0 aliphatic carbocycles. The zero-order valence-corrected chi connectivity index (χ0v) is 11.8. The largest absolute Gasteiger partial charge is 0.493 e. The van der Waals surface area contributed by atoms with Gasteiger partial charge in [0.2, 0.25) is 0 Å². The number of ether oxygens (including phenoxy) is 1. The number of hydrogen-bond acceptors (Lipinski definition) is 2. The lowest BCUT2D eigenvalue weighted by molar-refractivity contribution is 0.104. The molecule has 0 radical (unpaired) electrons. The normalized spacial score (nSPS) is 10.7. The number of aryl methyl sites for hydroxylation is 1. The number of hydrogen-bond donors (Lipinski definition) is 0. The van der Waals surface area contributed by atoms with Gasteiger partial charge in [-0.25, -0.2) is 0 Å². The van der Waals surface area contributed by atoms with Crippen LogP contribution in [0, 0.1) is 6.92 Å². The summed E-state index contributed by atoms with van der Waals surface area (Å²) in [4.78, 5) is 12.2. The molecule has 2 nitrogen and oxygen atoms in total. The molecule has 2 aromatic rings. The van der Waals surface area contributed by atoms with Crippen LogP contribution in [-0.2, 0) is 0 Å². The summed E-state index contributed by atoms with van der Waals surface area (Å²) in [6.07, 6.45) is 3.40. The zero-order chi connectivity index (χ0) is 14.4. The van der Waals surface area contributed by atoms with E-state index in [0.29, 0.717) is 6.61 Å². The molecule has 0 fully saturated rings. The van der Waals surface area contributed by atoms with Crippen molar-refractivity contribution in [3.63, 3.8) is 0 Å². The van der Waals surface area contributed by atoms with Gasteiger partial charge in [0.15, 0.2) is 5.78 Å². The molecule has 0 unspecified atom stereocenters. The Bertz CT molecular complexity index is 627. The van der Waals surface area contributed by atoms with E-state index in [2.05, 4.69) is 0 Å². The topological polar surface area (TPSA) is 26.3 Å². The molecule has 0 amide bonds. The first-order valence-corrected chi connectivity index (χ1v) is 6.72. The van der Waals surface area contributed by atoms with Crippen LogP contribution in [0.25, 0.3) is 6.08 Å². The van der Waals surface area contributed by atoms with Gasteiger partial charge in [-0.3, -0.25) is 4.79 Å². The van der Waals surface area contributed by atoms with Crippen molar-refractivity contribution in [1.29, 1.82) is 0 Å². The molecule has 20 heavy (non-hydrogen) atoms. The van der Waals surface area contributed by atoms with E-state index in [4.69, 9.17) is 4.74 Å². The van der Waals surface area contributed by atoms with E-state index in [1.54, 1.807) is 12.2 Å². The Hall–Kier alpha value is -2.35. The van der Waals surface area contributed by atoms with E-state index < -0.39 is 0 Å². The predicted molar refractivity (Wildman–Crippen MR) is 82.2 cm³/mol. The summed E-state index contributed by atoms with van der Waals surface area (Å²) in [5.74, 6) is 0.804. The van der Waals surface area contributed by atoms with Crippen LogP contribution in [0.2, 0.25) is 0 Å². The van der Waals surface area contributed by atoms with E-state index in [-0.39, 0.29) is 5.78 Å². The minimum absolute atomic E-state index is 0.00871. The molecule has 0 aliphatic heterocycles. The Morgan fingerprint density at radius 3 is 2.55 bits per heavy atom. The third kappa shape index (κ3) is 3.35. The summed E-state index contributed by atoms with van der Waals surface area (Å²) >= 11 is 0. The SMILES string of the molecule is CCOc1ccccc1/C=C/C(=O)c1ccccc1C. The molecule has 0 aromatic heterocycles. The molecule has 0 saturated carbocycles. The summed E-state index contributed by atoms with van der Waals surface area (Å²) in [7, 11) is 0. The van der Waals surface area contributed by atoms with Gasteiger partial charge < -0.3 is 4.74 Å². The molecule has 0 saturated heterocycles. The maximum absolute atomic E-state index is 12.2. The fourth-order valence-electron chi connectivity index (χ4n) is 2.01. The molecule has 0 atom stereocenters. The molecule has 0 bridgehead atoms. The number of para-hydroxylation sites is 1. The molecule has 2 rings (SSSR count). The number of rotatable bonds is 5. The van der Waals surface area contributed by atoms with Gasteiger partial charge in [-0.05, 0) is 37.6 Å². The second-order valence-electron chi connectivity index (χ2n) is 4.48. The van der Waals surface area contributed by atoms with Crippen molar-refractivity contribution in [2.24, 2.45) is 0 Å². The first-order valence-electron chi connectivity index (χ1n) is 6.72. The minimum atomic E-state index is 0.00871. The highest BCUT2D eigenvalue weighted by atomic mass is 16.5. The Morgan fingerprint density at radius 2 is 1.80 bits per heavy atom. The Labute approximate surface area is 119 Å². The van der Waals surface area contributed by atoms with Gasteiger partial charge in [0.1, 0.15) is 5.75 Å². The standard InChI is InChI=1S/C18H18O2/c1-3-20-18-11-7-5-9-15(18)12-13-17(19)16-10-6-4-8-14(16)2/h4-13H,3H2,1-2H3/b13-12+. The maximum atomic E-state index is 12.2. The molecule has 102 valence electrons. The molecule has 2 aromatic carbocycles. The number of carbonyl (C=O) groups is 1. The monoisotopic (exact) mass is 266 g/mol. The fraction of sp³-hybridized carbons (Fsp3) is 0.167. The van der Waals surface area contributed by atoms with Gasteiger partial charge >= 0.3 is 0 Å². The molecular formula is C18H18O2. The van der Waals surface area contributed by atoms with Gasteiger partial charge in [-0.1, -0.05) is 42.5 Å². The Kier molecular flexibility index (Phi) is 4.72. The lowest BCUT2D eigenvalue weighted by atomic mass is 10.0. The highest BCUT2D eigenvalue weighted by Crippen LogP contribution is 2.20. The van der Waals surface area contributed by atoms with Crippen LogP contribution in [0.1, 0.15) is 28.4 Å². The third-order valence-electron chi connectivity index (χ3n) is 3.04. The summed E-state index contributed by atoms with van der Waals surface area (Å²) in [5.41, 5.74) is 2.63. The highest BCUT2D eigenvalue weighted by molar-refractivity contribution is 6.07. The number of ketones is 1. The summed E-state index contributed by atoms with van der Waals surface area (Å²) in [5, 5.41) is 0. The molecular weight excluding hydrogens is 248 g/mol. The van der Waals surface area contributed by atoms with Crippen molar-refractivity contribution >= 4 is 11.9 Å². The van der Waals surface area contributed by atoms with E-state index in [9.17, 15) is 4.79 Å². The summed E-state index contributed by atoms with van der Waals surface area (Å²) in [6.45, 7) is 4.49. The molecule has 2 heteroatoms. The van der Waals surface area contributed by atoms with Crippen LogP contribution >= 0.6 is 0 Å². The van der Waals surface area contributed by atoms with Crippen LogP contribution in [-0.4, -0.2) is 12.4 Å². The predicted octanol–water partition coefficient (Wildman–Crippen LogP) is 4.29. The van der Waals surface area contributed by atoms with E-state index in [1.807, 2.05) is 62.4 Å². The number of allylic oxidation sites excluding steroid dienone is 1. The zero-order valence-electron chi connectivity index (χ0n) is 11.8. The quantitative estimate of drug-likeness (QED) is 0.596. The van der Waals surface area contributed by atoms with Crippen molar-refractivity contribution in [3.8, 4) is 5.75 Å². The van der Waals surface area contributed by atoms with Gasteiger partial charge in [0.05, 0.1) is 6.61 Å². The van der Waals surface area contributed by atoms with Crippen LogP contribution in [0.5, 0.6) is 5.75 Å². The van der Waals surface area contributed by atoms with Gasteiger partial charge in [0.25, 0.3) is 0 Å². The number of benzene rings is 2. The minimum Gasteiger partial charge on any atom is -0.493 e. The van der Waals surface area contributed by atoms with Gasteiger partial charge in [-0.15, -0.1) is 0 Å². The lowest BCUT2D eigenvalue weighted by Crippen LogP contribution is -1.97. The van der Waals surface area contributed by atoms with Crippen molar-refractivity contribution < 1.29 is 9.53 Å². The average Bonchev–Trinajstić information content (AvgIpc) is 2.47. The highest BCUT2D eigenvalue weighted by Gasteiger charge is 2.05. The van der Waals surface area contributed by atoms with E-state index in [1.165, 1.54) is 0 Å². The Morgan fingerprint density at radius 1 is 1.10 bits per heavy atom. The van der Waals surface area contributed by atoms with E-state index >= 15 is 0 Å². The van der Waals surface area contributed by atoms with Crippen LogP contribution in [0.3, 0.4) is 0 Å².